The molecule has 5 nitrogen and oxygen atoms in total. The minimum Gasteiger partial charge on any atom is -0.489 e. The molecule has 3 N–H and O–H groups in total. The molecule has 150 valence electrons. The van der Waals surface area contributed by atoms with Crippen molar-refractivity contribution in [2.45, 2.75) is 18.8 Å². The van der Waals surface area contributed by atoms with Crippen LogP contribution < -0.4 is 10.5 Å². The fourth-order valence-electron chi connectivity index (χ4n) is 2.87. The second kappa shape index (κ2) is 9.82. The molecule has 0 saturated carbocycles. The highest BCUT2D eigenvalue weighted by atomic mass is 19.1. The van der Waals surface area contributed by atoms with Crippen molar-refractivity contribution >= 4 is 5.97 Å². The molecule has 0 aliphatic carbocycles. The number of halogens is 1. The van der Waals surface area contributed by atoms with Crippen LogP contribution in [0.15, 0.2) is 78.9 Å². The number of hydrogen-bond acceptors (Lipinski definition) is 4. The van der Waals surface area contributed by atoms with Crippen LogP contribution in [0.4, 0.5) is 4.39 Å². The van der Waals surface area contributed by atoms with Gasteiger partial charge in [-0.25, -0.2) is 4.39 Å². The Labute approximate surface area is 168 Å². The summed E-state index contributed by atoms with van der Waals surface area (Å²) >= 11 is 0. The largest absolute Gasteiger partial charge is 0.489 e. The normalized spacial score (nSPS) is 12.9. The third-order valence-corrected chi connectivity index (χ3v) is 4.35. The molecular formula is C23H22FNO4. The smallest absolute Gasteiger partial charge is 0.322 e. The highest BCUT2D eigenvalue weighted by Gasteiger charge is 2.22. The molecule has 0 aliphatic heterocycles. The third kappa shape index (κ3) is 5.63. The highest BCUT2D eigenvalue weighted by molar-refractivity contribution is 5.73. The van der Waals surface area contributed by atoms with Gasteiger partial charge in [0.25, 0.3) is 0 Å². The van der Waals surface area contributed by atoms with Gasteiger partial charge in [0.05, 0.1) is 6.61 Å². The molecule has 0 aromatic heterocycles. The number of carboxylic acids is 1. The van der Waals surface area contributed by atoms with E-state index in [9.17, 15) is 9.18 Å². The van der Waals surface area contributed by atoms with Crippen LogP contribution in [0.5, 0.6) is 5.75 Å². The maximum Gasteiger partial charge on any atom is 0.322 e. The van der Waals surface area contributed by atoms with Gasteiger partial charge in [0.1, 0.15) is 30.3 Å². The molecule has 29 heavy (non-hydrogen) atoms. The Hall–Kier alpha value is -3.22. The van der Waals surface area contributed by atoms with Crippen LogP contribution in [0, 0.1) is 5.82 Å². The molecule has 0 radical (unpaired) electrons. The number of aliphatic carboxylic acids is 1. The Morgan fingerprint density at radius 2 is 1.72 bits per heavy atom. The molecule has 3 rings (SSSR count). The summed E-state index contributed by atoms with van der Waals surface area (Å²) in [5.41, 5.74) is 7.79. The van der Waals surface area contributed by atoms with Crippen molar-refractivity contribution in [3.05, 3.63) is 101 Å². The number of ether oxygens (including phenoxy) is 2. The number of rotatable bonds is 9. The van der Waals surface area contributed by atoms with Crippen molar-refractivity contribution in [1.29, 1.82) is 0 Å². The Kier molecular flexibility index (Phi) is 6.94. The fourth-order valence-corrected chi connectivity index (χ4v) is 2.87. The fraction of sp³-hybridized carbons (Fsp3) is 0.174. The molecule has 0 spiro atoms. The average Bonchev–Trinajstić information content (AvgIpc) is 2.73. The summed E-state index contributed by atoms with van der Waals surface area (Å²) in [5, 5.41) is 9.06. The summed E-state index contributed by atoms with van der Waals surface area (Å²) in [6.45, 7) is 0.117. The van der Waals surface area contributed by atoms with Gasteiger partial charge in [-0.05, 0) is 29.3 Å². The van der Waals surface area contributed by atoms with Crippen LogP contribution in [0.1, 0.15) is 22.8 Å². The van der Waals surface area contributed by atoms with Gasteiger partial charge in [-0.15, -0.1) is 0 Å². The minimum absolute atomic E-state index is 0.233. The van der Waals surface area contributed by atoms with Crippen molar-refractivity contribution in [2.24, 2.45) is 5.73 Å². The van der Waals surface area contributed by atoms with Crippen LogP contribution in [0.2, 0.25) is 0 Å². The molecule has 0 amide bonds. The summed E-state index contributed by atoms with van der Waals surface area (Å²) in [6.07, 6.45) is -0.733. The van der Waals surface area contributed by atoms with Gasteiger partial charge in [0.2, 0.25) is 0 Å². The third-order valence-electron chi connectivity index (χ3n) is 4.35. The predicted octanol–water partition coefficient (Wildman–Crippen LogP) is 3.92. The zero-order chi connectivity index (χ0) is 20.6. The van der Waals surface area contributed by atoms with E-state index in [-0.39, 0.29) is 6.61 Å². The second-order valence-corrected chi connectivity index (χ2v) is 6.53. The summed E-state index contributed by atoms with van der Waals surface area (Å²) in [4.78, 5) is 11.1. The monoisotopic (exact) mass is 395 g/mol. The summed E-state index contributed by atoms with van der Waals surface area (Å²) in [5.74, 6) is -1.02. The first kappa shape index (κ1) is 20.5. The van der Waals surface area contributed by atoms with Crippen LogP contribution in [0.3, 0.4) is 0 Å². The molecule has 6 heteroatoms. The van der Waals surface area contributed by atoms with E-state index in [2.05, 4.69) is 0 Å². The van der Waals surface area contributed by atoms with Gasteiger partial charge in [0, 0.05) is 5.56 Å². The number of nitrogens with two attached hydrogens (primary N) is 1. The first-order valence-corrected chi connectivity index (χ1v) is 9.15. The number of carbonyl (C=O) groups is 1. The topological polar surface area (TPSA) is 81.8 Å². The van der Waals surface area contributed by atoms with Gasteiger partial charge in [-0.1, -0.05) is 60.7 Å². The molecule has 0 aliphatic rings. The summed E-state index contributed by atoms with van der Waals surface area (Å²) in [6, 6.07) is 21.7. The Bertz CT molecular complexity index is 948. The standard InChI is InChI=1S/C23H22FNO4/c24-18-10-6-9-17(13-18)22(29-15-20(25)23(26)27)19-11-4-5-12-21(19)28-14-16-7-2-1-3-8-16/h1-13,20,22H,14-15,25H2,(H,26,27). The van der Waals surface area contributed by atoms with Crippen molar-refractivity contribution in [1.82, 2.24) is 0 Å². The molecule has 3 aromatic rings. The lowest BCUT2D eigenvalue weighted by molar-refractivity contribution is -0.140. The second-order valence-electron chi connectivity index (χ2n) is 6.53. The lowest BCUT2D eigenvalue weighted by Crippen LogP contribution is -2.35. The van der Waals surface area contributed by atoms with E-state index in [1.807, 2.05) is 48.5 Å². The highest BCUT2D eigenvalue weighted by Crippen LogP contribution is 2.33. The first-order valence-electron chi connectivity index (χ1n) is 9.15. The number of hydrogen-bond donors (Lipinski definition) is 2. The zero-order valence-corrected chi connectivity index (χ0v) is 15.7. The molecule has 0 bridgehead atoms. The maximum atomic E-state index is 13.8. The Balaban J connectivity index is 1.89. The van der Waals surface area contributed by atoms with Crippen molar-refractivity contribution in [3.8, 4) is 5.75 Å². The van der Waals surface area contributed by atoms with E-state index in [0.717, 1.165) is 5.56 Å². The maximum absolute atomic E-state index is 13.8. The van der Waals surface area contributed by atoms with E-state index < -0.39 is 23.9 Å². The SMILES string of the molecule is NC(COC(c1cccc(F)c1)c1ccccc1OCc1ccccc1)C(=O)O. The summed E-state index contributed by atoms with van der Waals surface area (Å²) < 4.78 is 25.7. The van der Waals surface area contributed by atoms with Crippen LogP contribution in [0.25, 0.3) is 0 Å². The van der Waals surface area contributed by atoms with E-state index in [1.54, 1.807) is 18.2 Å². The van der Waals surface area contributed by atoms with Gasteiger partial charge in [-0.2, -0.15) is 0 Å². The number of benzene rings is 3. The molecule has 0 saturated heterocycles. The Morgan fingerprint density at radius 1 is 1.00 bits per heavy atom. The predicted molar refractivity (Wildman–Crippen MR) is 107 cm³/mol. The van der Waals surface area contributed by atoms with Crippen LogP contribution in [-0.2, 0) is 16.1 Å². The minimum atomic E-state index is -1.19. The molecule has 2 atom stereocenters. The summed E-state index contributed by atoms with van der Waals surface area (Å²) in [7, 11) is 0. The molecule has 0 fully saturated rings. The lowest BCUT2D eigenvalue weighted by Gasteiger charge is -2.23. The van der Waals surface area contributed by atoms with E-state index in [0.29, 0.717) is 23.5 Å². The van der Waals surface area contributed by atoms with Crippen LogP contribution in [-0.4, -0.2) is 23.7 Å². The van der Waals surface area contributed by atoms with E-state index >= 15 is 0 Å². The number of para-hydroxylation sites is 1. The van der Waals surface area contributed by atoms with Crippen LogP contribution >= 0.6 is 0 Å². The van der Waals surface area contributed by atoms with Crippen molar-refractivity contribution < 1.29 is 23.8 Å². The van der Waals surface area contributed by atoms with Gasteiger partial charge < -0.3 is 20.3 Å². The molecular weight excluding hydrogens is 373 g/mol. The molecule has 2 unspecified atom stereocenters. The Morgan fingerprint density at radius 3 is 2.45 bits per heavy atom. The number of carboxylic acid groups (broad SMARTS) is 1. The van der Waals surface area contributed by atoms with Gasteiger partial charge in [-0.3, -0.25) is 4.79 Å². The zero-order valence-electron chi connectivity index (χ0n) is 15.7. The quantitative estimate of drug-likeness (QED) is 0.574. The van der Waals surface area contributed by atoms with Crippen molar-refractivity contribution in [2.75, 3.05) is 6.61 Å². The lowest BCUT2D eigenvalue weighted by atomic mass is 10.00. The van der Waals surface area contributed by atoms with E-state index in [4.69, 9.17) is 20.3 Å². The molecule has 3 aromatic carbocycles. The molecule has 0 heterocycles. The van der Waals surface area contributed by atoms with Gasteiger partial charge in [0.15, 0.2) is 0 Å². The average molecular weight is 395 g/mol. The van der Waals surface area contributed by atoms with E-state index in [1.165, 1.54) is 12.1 Å². The van der Waals surface area contributed by atoms with Gasteiger partial charge >= 0.3 is 5.97 Å². The van der Waals surface area contributed by atoms with Crippen molar-refractivity contribution in [3.63, 3.8) is 0 Å². The first-order chi connectivity index (χ1) is 14.0.